The van der Waals surface area contributed by atoms with Gasteiger partial charge in [-0.3, -0.25) is 10.0 Å². The van der Waals surface area contributed by atoms with Gasteiger partial charge in [-0.25, -0.2) is 10.5 Å². The van der Waals surface area contributed by atoms with E-state index in [2.05, 4.69) is 10.3 Å². The maximum atomic E-state index is 10.8. The Hall–Kier alpha value is -2.37. The lowest BCUT2D eigenvalue weighted by Gasteiger charge is -2.05. The number of aromatic nitrogens is 1. The monoisotopic (exact) mass is 305 g/mol. The van der Waals surface area contributed by atoms with E-state index in [0.29, 0.717) is 0 Å². The molecule has 0 aliphatic carbocycles. The first-order chi connectivity index (χ1) is 9.67. The number of benzene rings is 1. The normalized spacial score (nSPS) is 10.0. The molecular weight excluding hydrogens is 290 g/mol. The number of halogens is 1. The van der Waals surface area contributed by atoms with Gasteiger partial charge in [-0.05, 0) is 42.8 Å². The SMILES string of the molecule is Cc1ccc(Nc2ccc(/C=C/C(=O)NO)cn2)cc1.Cl. The standard InChI is InChI=1S/C15H15N3O2.ClH/c1-11-2-6-13(7-3-11)17-14-8-4-12(10-16-14)5-9-15(19)18-20;/h2-10,20H,1H3,(H,16,17)(H,18,19);1H/b9-5+;. The van der Waals surface area contributed by atoms with Crippen molar-refractivity contribution in [3.63, 3.8) is 0 Å². The number of carbonyl (C=O) groups excluding carboxylic acids is 1. The molecule has 0 spiro atoms. The van der Waals surface area contributed by atoms with Gasteiger partial charge in [-0.15, -0.1) is 12.4 Å². The van der Waals surface area contributed by atoms with Crippen molar-refractivity contribution >= 4 is 35.9 Å². The molecule has 110 valence electrons. The summed E-state index contributed by atoms with van der Waals surface area (Å²) >= 11 is 0. The minimum Gasteiger partial charge on any atom is -0.340 e. The van der Waals surface area contributed by atoms with Crippen LogP contribution >= 0.6 is 12.4 Å². The molecule has 2 rings (SSSR count). The van der Waals surface area contributed by atoms with Crippen molar-refractivity contribution in [3.05, 3.63) is 59.8 Å². The molecule has 1 aromatic carbocycles. The molecule has 6 heteroatoms. The average Bonchev–Trinajstić information content (AvgIpc) is 2.48. The third-order valence-corrected chi connectivity index (χ3v) is 2.65. The van der Waals surface area contributed by atoms with Gasteiger partial charge in [0.15, 0.2) is 0 Å². The van der Waals surface area contributed by atoms with E-state index >= 15 is 0 Å². The molecule has 0 aliphatic heterocycles. The number of pyridine rings is 1. The first-order valence-electron chi connectivity index (χ1n) is 6.09. The Morgan fingerprint density at radius 1 is 1.19 bits per heavy atom. The number of hydrogen-bond donors (Lipinski definition) is 3. The highest BCUT2D eigenvalue weighted by Gasteiger charge is 1.96. The van der Waals surface area contributed by atoms with Gasteiger partial charge in [0.1, 0.15) is 5.82 Å². The molecule has 0 saturated carbocycles. The molecule has 1 aromatic heterocycles. The molecule has 3 N–H and O–H groups in total. The first-order valence-corrected chi connectivity index (χ1v) is 6.09. The maximum absolute atomic E-state index is 10.8. The molecule has 0 aliphatic rings. The lowest BCUT2D eigenvalue weighted by molar-refractivity contribution is -0.124. The molecule has 1 heterocycles. The van der Waals surface area contributed by atoms with Gasteiger partial charge in [0, 0.05) is 18.0 Å². The quantitative estimate of drug-likeness (QED) is 0.461. The number of nitrogens with zero attached hydrogens (tertiary/aromatic N) is 1. The predicted octanol–water partition coefficient (Wildman–Crippen LogP) is 3.07. The fourth-order valence-electron chi connectivity index (χ4n) is 1.57. The van der Waals surface area contributed by atoms with Crippen molar-refractivity contribution in [3.8, 4) is 0 Å². The zero-order valence-corrected chi connectivity index (χ0v) is 12.2. The summed E-state index contributed by atoms with van der Waals surface area (Å²) in [6.45, 7) is 2.03. The van der Waals surface area contributed by atoms with Crippen molar-refractivity contribution in [2.24, 2.45) is 0 Å². The summed E-state index contributed by atoms with van der Waals surface area (Å²) in [6.07, 6.45) is 4.43. The lowest BCUT2D eigenvalue weighted by atomic mass is 10.2. The van der Waals surface area contributed by atoms with Crippen LogP contribution in [0.3, 0.4) is 0 Å². The van der Waals surface area contributed by atoms with Crippen LogP contribution in [0.2, 0.25) is 0 Å². The fraction of sp³-hybridized carbons (Fsp3) is 0.0667. The minimum absolute atomic E-state index is 0. The Morgan fingerprint density at radius 2 is 1.90 bits per heavy atom. The van der Waals surface area contributed by atoms with Gasteiger partial charge >= 0.3 is 0 Å². The minimum atomic E-state index is -0.577. The average molecular weight is 306 g/mol. The number of nitrogens with one attached hydrogen (secondary N) is 2. The van der Waals surface area contributed by atoms with Crippen LogP contribution in [-0.4, -0.2) is 16.1 Å². The molecule has 21 heavy (non-hydrogen) atoms. The van der Waals surface area contributed by atoms with Crippen molar-refractivity contribution < 1.29 is 10.0 Å². The van der Waals surface area contributed by atoms with Crippen molar-refractivity contribution in [1.29, 1.82) is 0 Å². The van der Waals surface area contributed by atoms with Crippen molar-refractivity contribution in [2.45, 2.75) is 6.92 Å². The van der Waals surface area contributed by atoms with Crippen LogP contribution in [0, 0.1) is 6.92 Å². The number of aryl methyl sites for hydroxylation is 1. The highest BCUT2D eigenvalue weighted by atomic mass is 35.5. The van der Waals surface area contributed by atoms with E-state index in [1.54, 1.807) is 12.3 Å². The van der Waals surface area contributed by atoms with Crippen molar-refractivity contribution in [2.75, 3.05) is 5.32 Å². The summed E-state index contributed by atoms with van der Waals surface area (Å²) < 4.78 is 0. The van der Waals surface area contributed by atoms with Gasteiger partial charge < -0.3 is 5.32 Å². The maximum Gasteiger partial charge on any atom is 0.267 e. The number of carbonyl (C=O) groups is 1. The van der Waals surface area contributed by atoms with Crippen LogP contribution in [0.1, 0.15) is 11.1 Å². The van der Waals surface area contributed by atoms with Crippen LogP contribution < -0.4 is 10.8 Å². The number of hydroxylamine groups is 1. The molecule has 2 aromatic rings. The second-order valence-electron chi connectivity index (χ2n) is 4.28. The Balaban J connectivity index is 0.00000220. The second kappa shape index (κ2) is 8.04. The topological polar surface area (TPSA) is 74.2 Å². The van der Waals surface area contributed by atoms with Crippen LogP contribution in [0.4, 0.5) is 11.5 Å². The van der Waals surface area contributed by atoms with Gasteiger partial charge in [0.05, 0.1) is 0 Å². The van der Waals surface area contributed by atoms with Gasteiger partial charge in [-0.2, -0.15) is 0 Å². The third-order valence-electron chi connectivity index (χ3n) is 2.65. The van der Waals surface area contributed by atoms with Crippen LogP contribution in [0.5, 0.6) is 0 Å². The van der Waals surface area contributed by atoms with E-state index in [9.17, 15) is 4.79 Å². The Kier molecular flexibility index (Phi) is 6.39. The van der Waals surface area contributed by atoms with E-state index in [-0.39, 0.29) is 12.4 Å². The lowest BCUT2D eigenvalue weighted by Crippen LogP contribution is -2.14. The van der Waals surface area contributed by atoms with Gasteiger partial charge in [-0.1, -0.05) is 17.7 Å². The molecule has 0 radical (unpaired) electrons. The van der Waals surface area contributed by atoms with Crippen LogP contribution in [0.15, 0.2) is 48.7 Å². The number of anilines is 2. The molecule has 0 saturated heterocycles. The smallest absolute Gasteiger partial charge is 0.267 e. The Morgan fingerprint density at radius 3 is 2.48 bits per heavy atom. The third kappa shape index (κ3) is 5.25. The highest BCUT2D eigenvalue weighted by molar-refractivity contribution is 5.90. The van der Waals surface area contributed by atoms with Gasteiger partial charge in [0.2, 0.25) is 0 Å². The molecule has 1 amide bonds. The summed E-state index contributed by atoms with van der Waals surface area (Å²) in [4.78, 5) is 15.1. The first kappa shape index (κ1) is 16.7. The van der Waals surface area contributed by atoms with Gasteiger partial charge in [0.25, 0.3) is 5.91 Å². The Labute approximate surface area is 129 Å². The van der Waals surface area contributed by atoms with Crippen LogP contribution in [-0.2, 0) is 4.79 Å². The summed E-state index contributed by atoms with van der Waals surface area (Å²) in [5, 5.41) is 11.5. The molecule has 0 unspecified atom stereocenters. The molecule has 5 nitrogen and oxygen atoms in total. The summed E-state index contributed by atoms with van der Waals surface area (Å²) in [7, 11) is 0. The number of amides is 1. The summed E-state index contributed by atoms with van der Waals surface area (Å²) in [6, 6.07) is 11.6. The van der Waals surface area contributed by atoms with E-state index in [1.807, 2.05) is 43.3 Å². The largest absolute Gasteiger partial charge is 0.340 e. The molecule has 0 fully saturated rings. The summed E-state index contributed by atoms with van der Waals surface area (Å²) in [5.41, 5.74) is 4.46. The highest BCUT2D eigenvalue weighted by Crippen LogP contribution is 2.15. The van der Waals surface area contributed by atoms with E-state index in [1.165, 1.54) is 17.1 Å². The van der Waals surface area contributed by atoms with E-state index in [0.717, 1.165) is 17.1 Å². The number of rotatable bonds is 4. The second-order valence-corrected chi connectivity index (χ2v) is 4.28. The zero-order chi connectivity index (χ0) is 14.4. The molecule has 0 bridgehead atoms. The fourth-order valence-corrected chi connectivity index (χ4v) is 1.57. The van der Waals surface area contributed by atoms with Crippen LogP contribution in [0.25, 0.3) is 6.08 Å². The summed E-state index contributed by atoms with van der Waals surface area (Å²) in [5.74, 6) is 0.143. The Bertz CT molecular complexity index is 610. The predicted molar refractivity (Wildman–Crippen MR) is 84.9 cm³/mol. The number of hydrogen-bond acceptors (Lipinski definition) is 4. The zero-order valence-electron chi connectivity index (χ0n) is 11.4. The van der Waals surface area contributed by atoms with E-state index < -0.39 is 5.91 Å². The molecule has 0 atom stereocenters. The van der Waals surface area contributed by atoms with Crippen molar-refractivity contribution in [1.82, 2.24) is 10.5 Å². The van der Waals surface area contributed by atoms with E-state index in [4.69, 9.17) is 5.21 Å². The molecular formula is C15H16ClN3O2.